The highest BCUT2D eigenvalue weighted by molar-refractivity contribution is 5.49. The van der Waals surface area contributed by atoms with Crippen molar-refractivity contribution in [2.24, 2.45) is 0 Å². The van der Waals surface area contributed by atoms with Crippen molar-refractivity contribution in [1.29, 1.82) is 0 Å². The van der Waals surface area contributed by atoms with E-state index >= 15 is 0 Å². The monoisotopic (exact) mass is 139 g/mol. The van der Waals surface area contributed by atoms with Crippen LogP contribution in [0.3, 0.4) is 0 Å². The van der Waals surface area contributed by atoms with E-state index in [0.717, 1.165) is 24.9 Å². The summed E-state index contributed by atoms with van der Waals surface area (Å²) in [7, 11) is 0. The lowest BCUT2D eigenvalue weighted by Crippen LogP contribution is -1.82. The van der Waals surface area contributed by atoms with E-state index in [0.29, 0.717) is 6.42 Å². The number of unbranched alkanes of at least 4 members (excludes halogenated alkanes) is 1. The molecule has 1 aromatic rings. The Balaban J connectivity index is 2.21. The largest absolute Gasteiger partial charge is 0.449 e. The molecule has 0 radical (unpaired) electrons. The second kappa shape index (κ2) is 3.82. The zero-order chi connectivity index (χ0) is 7.23. The fourth-order valence-corrected chi connectivity index (χ4v) is 0.725. The van der Waals surface area contributed by atoms with Gasteiger partial charge in [0.25, 0.3) is 0 Å². The first kappa shape index (κ1) is 6.99. The van der Waals surface area contributed by atoms with Crippen molar-refractivity contribution < 1.29 is 9.21 Å². The van der Waals surface area contributed by atoms with Gasteiger partial charge >= 0.3 is 0 Å². The molecule has 0 aromatic carbocycles. The van der Waals surface area contributed by atoms with Gasteiger partial charge in [-0.2, -0.15) is 0 Å². The fourth-order valence-electron chi connectivity index (χ4n) is 0.725. The molecule has 0 aliphatic carbocycles. The number of rotatable bonds is 4. The molecular formula is C7H9NO2. The van der Waals surface area contributed by atoms with Crippen LogP contribution in [0.4, 0.5) is 0 Å². The summed E-state index contributed by atoms with van der Waals surface area (Å²) < 4.78 is 4.95. The molecule has 54 valence electrons. The lowest BCUT2D eigenvalue weighted by atomic mass is 10.2. The molecule has 0 atom stereocenters. The standard InChI is InChI=1S/C7H9NO2/c9-4-2-1-3-7-5-8-6-10-7/h4-6H,1-3H2. The topological polar surface area (TPSA) is 43.1 Å². The van der Waals surface area contributed by atoms with Gasteiger partial charge in [-0.25, -0.2) is 4.98 Å². The maximum Gasteiger partial charge on any atom is 0.180 e. The van der Waals surface area contributed by atoms with E-state index in [-0.39, 0.29) is 0 Å². The zero-order valence-electron chi connectivity index (χ0n) is 5.62. The number of hydrogen-bond acceptors (Lipinski definition) is 3. The van der Waals surface area contributed by atoms with Crippen LogP contribution in [0.25, 0.3) is 0 Å². The molecule has 0 amide bonds. The van der Waals surface area contributed by atoms with E-state index < -0.39 is 0 Å². The molecule has 0 saturated heterocycles. The second-order valence-corrected chi connectivity index (χ2v) is 2.03. The molecule has 0 N–H and O–H groups in total. The third kappa shape index (κ3) is 2.01. The number of aldehydes is 1. The first-order valence-electron chi connectivity index (χ1n) is 3.24. The van der Waals surface area contributed by atoms with Crippen LogP contribution >= 0.6 is 0 Å². The summed E-state index contributed by atoms with van der Waals surface area (Å²) in [4.78, 5) is 13.6. The van der Waals surface area contributed by atoms with E-state index in [2.05, 4.69) is 4.98 Å². The van der Waals surface area contributed by atoms with Gasteiger partial charge in [-0.1, -0.05) is 0 Å². The van der Waals surface area contributed by atoms with Crippen molar-refractivity contribution in [3.63, 3.8) is 0 Å². The van der Waals surface area contributed by atoms with Gasteiger partial charge in [-0.15, -0.1) is 0 Å². The average Bonchev–Trinajstić information content (AvgIpc) is 2.41. The molecule has 1 rings (SSSR count). The van der Waals surface area contributed by atoms with Crippen LogP contribution in [-0.2, 0) is 11.2 Å². The summed E-state index contributed by atoms with van der Waals surface area (Å²) in [6, 6.07) is 0. The van der Waals surface area contributed by atoms with Gasteiger partial charge in [0, 0.05) is 12.8 Å². The van der Waals surface area contributed by atoms with Gasteiger partial charge in [-0.3, -0.25) is 0 Å². The normalized spacial score (nSPS) is 9.60. The van der Waals surface area contributed by atoms with Gasteiger partial charge in [0.15, 0.2) is 6.39 Å². The van der Waals surface area contributed by atoms with Gasteiger partial charge in [-0.05, 0) is 6.42 Å². The Kier molecular flexibility index (Phi) is 2.67. The average molecular weight is 139 g/mol. The van der Waals surface area contributed by atoms with Crippen LogP contribution in [0.1, 0.15) is 18.6 Å². The minimum atomic E-state index is 0.598. The number of carbonyl (C=O) groups is 1. The van der Waals surface area contributed by atoms with Crippen LogP contribution in [0.2, 0.25) is 0 Å². The van der Waals surface area contributed by atoms with E-state index in [1.807, 2.05) is 0 Å². The van der Waals surface area contributed by atoms with Crippen molar-refractivity contribution in [2.75, 3.05) is 0 Å². The number of aryl methyl sites for hydroxylation is 1. The SMILES string of the molecule is O=CCCCc1cnco1. The zero-order valence-corrected chi connectivity index (χ0v) is 5.62. The Morgan fingerprint density at radius 1 is 1.70 bits per heavy atom. The summed E-state index contributed by atoms with van der Waals surface area (Å²) in [5, 5.41) is 0. The van der Waals surface area contributed by atoms with E-state index in [1.54, 1.807) is 6.20 Å². The molecule has 3 heteroatoms. The van der Waals surface area contributed by atoms with Crippen molar-refractivity contribution in [1.82, 2.24) is 4.98 Å². The van der Waals surface area contributed by atoms with Crippen molar-refractivity contribution in [3.05, 3.63) is 18.4 Å². The smallest absolute Gasteiger partial charge is 0.180 e. The van der Waals surface area contributed by atoms with Crippen LogP contribution in [0, 0.1) is 0 Å². The highest BCUT2D eigenvalue weighted by Gasteiger charge is 1.94. The molecule has 0 unspecified atom stereocenters. The summed E-state index contributed by atoms with van der Waals surface area (Å²) >= 11 is 0. The van der Waals surface area contributed by atoms with Crippen LogP contribution < -0.4 is 0 Å². The second-order valence-electron chi connectivity index (χ2n) is 2.03. The minimum Gasteiger partial charge on any atom is -0.449 e. The first-order valence-corrected chi connectivity index (χ1v) is 3.24. The quantitative estimate of drug-likeness (QED) is 0.465. The van der Waals surface area contributed by atoms with Gasteiger partial charge in [0.2, 0.25) is 0 Å². The third-order valence-corrected chi connectivity index (χ3v) is 1.23. The highest BCUT2D eigenvalue weighted by Crippen LogP contribution is 2.01. The molecule has 0 aliphatic heterocycles. The maximum atomic E-state index is 9.89. The van der Waals surface area contributed by atoms with Gasteiger partial charge in [0.05, 0.1) is 6.20 Å². The first-order chi connectivity index (χ1) is 4.93. The predicted molar refractivity (Wildman–Crippen MR) is 35.5 cm³/mol. The van der Waals surface area contributed by atoms with E-state index in [9.17, 15) is 4.79 Å². The molecule has 1 aromatic heterocycles. The minimum absolute atomic E-state index is 0.598. The molecule has 0 aliphatic rings. The third-order valence-electron chi connectivity index (χ3n) is 1.23. The van der Waals surface area contributed by atoms with Crippen LogP contribution in [0.5, 0.6) is 0 Å². The summed E-state index contributed by atoms with van der Waals surface area (Å²) in [5.41, 5.74) is 0. The van der Waals surface area contributed by atoms with Gasteiger partial charge < -0.3 is 9.21 Å². The molecule has 0 saturated carbocycles. The van der Waals surface area contributed by atoms with E-state index in [4.69, 9.17) is 4.42 Å². The number of hydrogen-bond donors (Lipinski definition) is 0. The Bertz CT molecular complexity index is 181. The Morgan fingerprint density at radius 2 is 2.60 bits per heavy atom. The molecule has 10 heavy (non-hydrogen) atoms. The molecule has 3 nitrogen and oxygen atoms in total. The van der Waals surface area contributed by atoms with Crippen LogP contribution in [0.15, 0.2) is 17.0 Å². The highest BCUT2D eigenvalue weighted by atomic mass is 16.3. The molecule has 0 bridgehead atoms. The Hall–Kier alpha value is -1.12. The van der Waals surface area contributed by atoms with E-state index in [1.165, 1.54) is 6.39 Å². The Morgan fingerprint density at radius 3 is 3.20 bits per heavy atom. The maximum absolute atomic E-state index is 9.89. The van der Waals surface area contributed by atoms with Crippen molar-refractivity contribution in [2.45, 2.75) is 19.3 Å². The molecular weight excluding hydrogens is 130 g/mol. The number of nitrogens with zero attached hydrogens (tertiary/aromatic N) is 1. The summed E-state index contributed by atoms with van der Waals surface area (Å²) in [6.45, 7) is 0. The van der Waals surface area contributed by atoms with Gasteiger partial charge in [0.1, 0.15) is 12.0 Å². The van der Waals surface area contributed by atoms with Crippen molar-refractivity contribution >= 4 is 6.29 Å². The Labute approximate surface area is 59.1 Å². The molecule has 0 fully saturated rings. The lowest BCUT2D eigenvalue weighted by Gasteiger charge is -1.88. The van der Waals surface area contributed by atoms with Crippen molar-refractivity contribution in [3.8, 4) is 0 Å². The number of oxazole rings is 1. The summed E-state index contributed by atoms with van der Waals surface area (Å²) in [5.74, 6) is 0.849. The number of aromatic nitrogens is 1. The summed E-state index contributed by atoms with van der Waals surface area (Å²) in [6.07, 6.45) is 6.23. The lowest BCUT2D eigenvalue weighted by molar-refractivity contribution is -0.107. The van der Waals surface area contributed by atoms with Crippen LogP contribution in [-0.4, -0.2) is 11.3 Å². The molecule has 0 spiro atoms. The molecule has 1 heterocycles. The number of carbonyl (C=O) groups excluding carboxylic acids is 1. The predicted octanol–water partition coefficient (Wildman–Crippen LogP) is 1.20. The fraction of sp³-hybridized carbons (Fsp3) is 0.429.